The van der Waals surface area contributed by atoms with E-state index in [4.69, 9.17) is 0 Å². The van der Waals surface area contributed by atoms with Gasteiger partial charge in [0, 0.05) is 0 Å². The van der Waals surface area contributed by atoms with Crippen molar-refractivity contribution in [2.45, 2.75) is 6.92 Å². The third-order valence-electron chi connectivity index (χ3n) is 3.64. The van der Waals surface area contributed by atoms with E-state index in [0.29, 0.717) is 5.56 Å². The number of hydrogen-bond donors (Lipinski definition) is 0. The second kappa shape index (κ2) is 6.32. The molecule has 26 heavy (non-hydrogen) atoms. The summed E-state index contributed by atoms with van der Waals surface area (Å²) >= 11 is 0. The number of benzene rings is 2. The number of carbonyl (C=O) groups is 1. The summed E-state index contributed by atoms with van der Waals surface area (Å²) in [5, 5.41) is 3.70. The lowest BCUT2D eigenvalue weighted by Gasteiger charge is -2.15. The van der Waals surface area contributed by atoms with Crippen LogP contribution in [0.4, 0.5) is 32.0 Å². The second-order valence-electron chi connectivity index (χ2n) is 5.33. The Morgan fingerprint density at radius 2 is 1.35 bits per heavy atom. The Balaban J connectivity index is 2.08. The lowest BCUT2D eigenvalue weighted by Crippen LogP contribution is -2.25. The Morgan fingerprint density at radius 3 is 1.88 bits per heavy atom. The molecule has 134 valence electrons. The average Bonchev–Trinajstić information content (AvgIpc) is 2.88. The van der Waals surface area contributed by atoms with Crippen molar-refractivity contribution in [3.8, 4) is 0 Å². The second-order valence-corrected chi connectivity index (χ2v) is 5.33. The van der Waals surface area contributed by atoms with Crippen LogP contribution in [0.1, 0.15) is 12.5 Å². The fourth-order valence-corrected chi connectivity index (χ4v) is 2.34. The van der Waals surface area contributed by atoms with Gasteiger partial charge in [-0.3, -0.25) is 4.79 Å². The predicted molar refractivity (Wildman–Crippen MR) is 81.2 cm³/mol. The van der Waals surface area contributed by atoms with E-state index in [0.717, 1.165) is 12.1 Å². The first-order valence-electron chi connectivity index (χ1n) is 7.11. The standard InChI is InChI=1S/C17H8F6N2O/c1-7-10(6-8-2-4-9(18)5-3-8)17(26)25(24-7)16-14(22)12(20)11(19)13(21)15(16)23/h2-6H,1H3. The maximum atomic E-state index is 13.9. The van der Waals surface area contributed by atoms with Crippen molar-refractivity contribution in [3.63, 3.8) is 0 Å². The van der Waals surface area contributed by atoms with Crippen molar-refractivity contribution in [3.05, 3.63) is 70.3 Å². The molecule has 0 bridgehead atoms. The SMILES string of the molecule is CC1=NN(c2c(F)c(F)c(F)c(F)c2F)C(=O)C1=Cc1ccc(F)cc1. The van der Waals surface area contributed by atoms with Crippen molar-refractivity contribution < 1.29 is 31.1 Å². The molecule has 3 rings (SSSR count). The molecule has 9 heteroatoms. The zero-order valence-corrected chi connectivity index (χ0v) is 13.0. The van der Waals surface area contributed by atoms with Gasteiger partial charge in [0.25, 0.3) is 5.91 Å². The average molecular weight is 370 g/mol. The highest BCUT2D eigenvalue weighted by atomic mass is 19.2. The molecule has 1 aliphatic rings. The Bertz CT molecular complexity index is 953. The molecule has 0 radical (unpaired) electrons. The van der Waals surface area contributed by atoms with E-state index in [1.54, 1.807) is 0 Å². The van der Waals surface area contributed by atoms with Gasteiger partial charge in [0.15, 0.2) is 23.3 Å². The highest BCUT2D eigenvalue weighted by Gasteiger charge is 2.36. The van der Waals surface area contributed by atoms with Gasteiger partial charge < -0.3 is 0 Å². The number of carbonyl (C=O) groups excluding carboxylic acids is 1. The molecule has 0 fully saturated rings. The minimum absolute atomic E-state index is 0.0109. The van der Waals surface area contributed by atoms with Crippen LogP contribution in [-0.2, 0) is 4.79 Å². The molecule has 2 aromatic rings. The van der Waals surface area contributed by atoms with E-state index in [1.807, 2.05) is 0 Å². The Hall–Kier alpha value is -3.10. The van der Waals surface area contributed by atoms with Gasteiger partial charge in [-0.25, -0.2) is 26.3 Å². The molecule has 0 atom stereocenters. The van der Waals surface area contributed by atoms with Crippen LogP contribution in [0.15, 0.2) is 34.9 Å². The van der Waals surface area contributed by atoms with Crippen LogP contribution in [0.3, 0.4) is 0 Å². The molecule has 0 saturated heterocycles. The minimum Gasteiger partial charge on any atom is -0.267 e. The zero-order chi connectivity index (χ0) is 19.2. The van der Waals surface area contributed by atoms with Gasteiger partial charge in [-0.15, -0.1) is 0 Å². The van der Waals surface area contributed by atoms with Gasteiger partial charge in [-0.2, -0.15) is 10.1 Å². The van der Waals surface area contributed by atoms with E-state index in [2.05, 4.69) is 5.10 Å². The van der Waals surface area contributed by atoms with Crippen LogP contribution >= 0.6 is 0 Å². The van der Waals surface area contributed by atoms with E-state index in [1.165, 1.54) is 25.1 Å². The van der Waals surface area contributed by atoms with E-state index in [-0.39, 0.29) is 16.3 Å². The van der Waals surface area contributed by atoms with Crippen LogP contribution in [-0.4, -0.2) is 11.6 Å². The molecule has 0 spiro atoms. The van der Waals surface area contributed by atoms with Crippen LogP contribution in [0, 0.1) is 34.9 Å². The van der Waals surface area contributed by atoms with Gasteiger partial charge >= 0.3 is 0 Å². The van der Waals surface area contributed by atoms with Gasteiger partial charge in [0.2, 0.25) is 5.82 Å². The lowest BCUT2D eigenvalue weighted by atomic mass is 10.1. The molecule has 0 N–H and O–H groups in total. The highest BCUT2D eigenvalue weighted by molar-refractivity contribution is 6.32. The maximum Gasteiger partial charge on any atom is 0.280 e. The first-order valence-corrected chi connectivity index (χ1v) is 7.11. The molecule has 3 nitrogen and oxygen atoms in total. The number of halogens is 6. The molecule has 0 aromatic heterocycles. The molecule has 0 saturated carbocycles. The molecule has 0 unspecified atom stereocenters. The van der Waals surface area contributed by atoms with Crippen LogP contribution in [0.2, 0.25) is 0 Å². The number of hydrazone groups is 1. The quantitative estimate of drug-likeness (QED) is 0.335. The summed E-state index contributed by atoms with van der Waals surface area (Å²) in [5.41, 5.74) is -1.24. The molecule has 1 amide bonds. The summed E-state index contributed by atoms with van der Waals surface area (Å²) in [4.78, 5) is 12.4. The van der Waals surface area contributed by atoms with Crippen LogP contribution < -0.4 is 5.01 Å². The number of anilines is 1. The molecular weight excluding hydrogens is 362 g/mol. The van der Waals surface area contributed by atoms with Crippen molar-refractivity contribution in [2.24, 2.45) is 5.10 Å². The topological polar surface area (TPSA) is 32.7 Å². The Morgan fingerprint density at radius 1 is 0.846 bits per heavy atom. The normalized spacial score (nSPS) is 15.8. The smallest absolute Gasteiger partial charge is 0.267 e. The summed E-state index contributed by atoms with van der Waals surface area (Å²) in [5.74, 6) is -12.7. The van der Waals surface area contributed by atoms with E-state index >= 15 is 0 Å². The molecule has 1 heterocycles. The van der Waals surface area contributed by atoms with Crippen molar-refractivity contribution >= 4 is 23.4 Å². The third kappa shape index (κ3) is 2.75. The number of nitrogens with zero attached hydrogens (tertiary/aromatic N) is 2. The Kier molecular flexibility index (Phi) is 4.31. The van der Waals surface area contributed by atoms with Gasteiger partial charge in [0.05, 0.1) is 11.3 Å². The minimum atomic E-state index is -2.34. The van der Waals surface area contributed by atoms with E-state index in [9.17, 15) is 31.1 Å². The van der Waals surface area contributed by atoms with Crippen molar-refractivity contribution in [2.75, 3.05) is 5.01 Å². The number of rotatable bonds is 2. The maximum absolute atomic E-state index is 13.9. The van der Waals surface area contributed by atoms with Gasteiger partial charge in [-0.05, 0) is 30.7 Å². The summed E-state index contributed by atoms with van der Waals surface area (Å²) in [6.07, 6.45) is 1.26. The zero-order valence-electron chi connectivity index (χ0n) is 13.0. The number of amides is 1. The first kappa shape index (κ1) is 17.7. The fraction of sp³-hybridized carbons (Fsp3) is 0.0588. The molecule has 1 aliphatic heterocycles. The predicted octanol–water partition coefficient (Wildman–Crippen LogP) is 4.33. The summed E-state index contributed by atoms with van der Waals surface area (Å²) in [6, 6.07) is 4.92. The number of hydrogen-bond acceptors (Lipinski definition) is 2. The van der Waals surface area contributed by atoms with Gasteiger partial charge in [-0.1, -0.05) is 12.1 Å². The summed E-state index contributed by atoms with van der Waals surface area (Å²) in [7, 11) is 0. The first-order chi connectivity index (χ1) is 12.2. The van der Waals surface area contributed by atoms with Crippen LogP contribution in [0.25, 0.3) is 6.08 Å². The van der Waals surface area contributed by atoms with Crippen molar-refractivity contribution in [1.29, 1.82) is 0 Å². The molecule has 0 aliphatic carbocycles. The van der Waals surface area contributed by atoms with Gasteiger partial charge in [0.1, 0.15) is 11.5 Å². The van der Waals surface area contributed by atoms with Crippen LogP contribution in [0.5, 0.6) is 0 Å². The Labute approximate surface area is 142 Å². The van der Waals surface area contributed by atoms with Crippen molar-refractivity contribution in [1.82, 2.24) is 0 Å². The summed E-state index contributed by atoms with van der Waals surface area (Å²) < 4.78 is 80.6. The highest BCUT2D eigenvalue weighted by Crippen LogP contribution is 2.33. The summed E-state index contributed by atoms with van der Waals surface area (Å²) in [6.45, 7) is 1.32. The lowest BCUT2D eigenvalue weighted by molar-refractivity contribution is -0.114. The van der Waals surface area contributed by atoms with E-state index < -0.39 is 46.5 Å². The monoisotopic (exact) mass is 370 g/mol. The fourth-order valence-electron chi connectivity index (χ4n) is 2.34. The third-order valence-corrected chi connectivity index (χ3v) is 3.64. The largest absolute Gasteiger partial charge is 0.280 e. The molecular formula is C17H8F6N2O. The molecule has 2 aromatic carbocycles.